The molecule has 0 spiro atoms. The normalized spacial score (nSPS) is 19.8. The Balaban J connectivity index is 1.36. The van der Waals surface area contributed by atoms with Crippen LogP contribution in [0.15, 0.2) is 30.3 Å². The van der Waals surface area contributed by atoms with Crippen LogP contribution in [0, 0.1) is 0 Å². The minimum absolute atomic E-state index is 0.0951. The summed E-state index contributed by atoms with van der Waals surface area (Å²) in [6.45, 7) is 4.92. The lowest BCUT2D eigenvalue weighted by molar-refractivity contribution is -0.136. The molecule has 0 bridgehead atoms. The summed E-state index contributed by atoms with van der Waals surface area (Å²) in [7, 11) is 3.04. The van der Waals surface area contributed by atoms with Crippen molar-refractivity contribution in [2.75, 3.05) is 25.7 Å². The molecule has 3 heterocycles. The van der Waals surface area contributed by atoms with Crippen LogP contribution in [0.25, 0.3) is 0 Å². The summed E-state index contributed by atoms with van der Waals surface area (Å²) in [4.78, 5) is 52.7. The van der Waals surface area contributed by atoms with Gasteiger partial charge in [-0.3, -0.25) is 24.6 Å². The second-order valence-electron chi connectivity index (χ2n) is 9.83. The van der Waals surface area contributed by atoms with Crippen molar-refractivity contribution in [3.63, 3.8) is 0 Å². The van der Waals surface area contributed by atoms with Crippen LogP contribution in [0.4, 0.5) is 10.5 Å². The zero-order valence-electron chi connectivity index (χ0n) is 20.5. The lowest BCUT2D eigenvalue weighted by Gasteiger charge is -2.29. The van der Waals surface area contributed by atoms with Gasteiger partial charge < -0.3 is 19.1 Å². The molecule has 10 nitrogen and oxygen atoms in total. The van der Waals surface area contributed by atoms with E-state index in [4.69, 9.17) is 14.2 Å². The fraction of sp³-hybridized carbons (Fsp3) is 0.385. The molecule has 0 radical (unpaired) electrons. The van der Waals surface area contributed by atoms with Gasteiger partial charge in [-0.1, -0.05) is 19.9 Å². The van der Waals surface area contributed by atoms with E-state index in [0.717, 1.165) is 11.3 Å². The van der Waals surface area contributed by atoms with E-state index in [1.807, 2.05) is 12.1 Å². The first-order valence-corrected chi connectivity index (χ1v) is 11.7. The molecule has 188 valence electrons. The van der Waals surface area contributed by atoms with Crippen LogP contribution in [0.5, 0.6) is 17.2 Å². The standard InChI is InChI=1S/C26H27N3O7/c1-26(2)13-35-21-9-14(5-6-18(21)26)28(3)25(33)36-15-10-16-17(20(11-15)34-4)12-29(24(16)32)19-7-8-22(30)27-23(19)31/h5-6,9-11,19H,7-8,12-13H2,1-4H3,(H,27,30,31). The quantitative estimate of drug-likeness (QED) is 0.652. The molecule has 1 atom stereocenters. The molecule has 1 unspecified atom stereocenters. The smallest absolute Gasteiger partial charge is 0.419 e. The van der Waals surface area contributed by atoms with E-state index in [1.54, 1.807) is 19.2 Å². The fourth-order valence-corrected chi connectivity index (χ4v) is 4.85. The Morgan fingerprint density at radius 3 is 2.69 bits per heavy atom. The average Bonchev–Trinajstić information content (AvgIpc) is 3.33. The van der Waals surface area contributed by atoms with Crippen LogP contribution in [0.2, 0.25) is 0 Å². The van der Waals surface area contributed by atoms with Crippen molar-refractivity contribution >= 4 is 29.5 Å². The van der Waals surface area contributed by atoms with Crippen molar-refractivity contribution < 1.29 is 33.4 Å². The molecule has 2 aromatic rings. The molecular weight excluding hydrogens is 466 g/mol. The second kappa shape index (κ2) is 8.54. The number of fused-ring (bicyclic) bond motifs is 2. The highest BCUT2D eigenvalue weighted by atomic mass is 16.6. The first kappa shape index (κ1) is 23.7. The maximum atomic E-state index is 13.2. The molecule has 36 heavy (non-hydrogen) atoms. The first-order valence-electron chi connectivity index (χ1n) is 11.7. The van der Waals surface area contributed by atoms with Gasteiger partial charge in [-0.25, -0.2) is 4.79 Å². The third kappa shape index (κ3) is 3.92. The monoisotopic (exact) mass is 493 g/mol. The minimum atomic E-state index is -0.753. The topological polar surface area (TPSA) is 114 Å². The Hall–Kier alpha value is -4.08. The van der Waals surface area contributed by atoms with E-state index in [-0.39, 0.29) is 47.9 Å². The number of imide groups is 1. The second-order valence-corrected chi connectivity index (χ2v) is 9.83. The van der Waals surface area contributed by atoms with Gasteiger partial charge in [0.15, 0.2) is 0 Å². The first-order chi connectivity index (χ1) is 17.1. The van der Waals surface area contributed by atoms with Crippen LogP contribution in [-0.4, -0.2) is 55.5 Å². The van der Waals surface area contributed by atoms with Gasteiger partial charge in [-0.2, -0.15) is 0 Å². The highest BCUT2D eigenvalue weighted by molar-refractivity contribution is 6.06. The van der Waals surface area contributed by atoms with Crippen LogP contribution in [-0.2, 0) is 21.5 Å². The Morgan fingerprint density at radius 1 is 1.19 bits per heavy atom. The molecule has 0 aromatic heterocycles. The Bertz CT molecular complexity index is 1300. The zero-order chi connectivity index (χ0) is 25.8. The molecule has 0 saturated carbocycles. The van der Waals surface area contributed by atoms with Gasteiger partial charge in [-0.05, 0) is 18.6 Å². The third-order valence-electron chi connectivity index (χ3n) is 6.96. The number of amides is 4. The maximum Gasteiger partial charge on any atom is 0.419 e. The Morgan fingerprint density at radius 2 is 1.97 bits per heavy atom. The van der Waals surface area contributed by atoms with Gasteiger partial charge >= 0.3 is 6.09 Å². The summed E-state index contributed by atoms with van der Waals surface area (Å²) in [5, 5.41) is 2.28. The van der Waals surface area contributed by atoms with Gasteiger partial charge in [0.25, 0.3) is 5.91 Å². The van der Waals surface area contributed by atoms with Gasteiger partial charge in [0.1, 0.15) is 23.3 Å². The summed E-state index contributed by atoms with van der Waals surface area (Å²) in [6, 6.07) is 7.85. The molecule has 5 rings (SSSR count). The molecule has 1 fully saturated rings. The molecule has 4 amide bonds. The van der Waals surface area contributed by atoms with Crippen LogP contribution < -0.4 is 24.4 Å². The number of piperidine rings is 1. The number of anilines is 1. The van der Waals surface area contributed by atoms with Gasteiger partial charge in [0, 0.05) is 42.1 Å². The van der Waals surface area contributed by atoms with Crippen LogP contribution in [0.1, 0.15) is 48.2 Å². The molecule has 3 aliphatic rings. The highest BCUT2D eigenvalue weighted by Crippen LogP contribution is 2.41. The van der Waals surface area contributed by atoms with Gasteiger partial charge in [-0.15, -0.1) is 0 Å². The number of carbonyl (C=O) groups excluding carboxylic acids is 4. The van der Waals surface area contributed by atoms with E-state index in [0.29, 0.717) is 23.6 Å². The van der Waals surface area contributed by atoms with Crippen LogP contribution >= 0.6 is 0 Å². The predicted octanol–water partition coefficient (Wildman–Crippen LogP) is 2.76. The van der Waals surface area contributed by atoms with E-state index in [9.17, 15) is 19.2 Å². The average molecular weight is 494 g/mol. The van der Waals surface area contributed by atoms with E-state index < -0.39 is 18.0 Å². The number of benzene rings is 2. The number of ether oxygens (including phenoxy) is 3. The molecule has 1 N–H and O–H groups in total. The third-order valence-corrected chi connectivity index (χ3v) is 6.96. The van der Waals surface area contributed by atoms with Gasteiger partial charge in [0.2, 0.25) is 11.8 Å². The number of nitrogens with zero attached hydrogens (tertiary/aromatic N) is 2. The van der Waals surface area contributed by atoms with Crippen molar-refractivity contribution in [1.82, 2.24) is 10.2 Å². The van der Waals surface area contributed by atoms with Crippen molar-refractivity contribution in [2.45, 2.75) is 44.7 Å². The Labute approximate surface area is 208 Å². The summed E-state index contributed by atoms with van der Waals surface area (Å²) in [6.07, 6.45) is -0.239. The number of carbonyl (C=O) groups is 4. The van der Waals surface area contributed by atoms with E-state index in [2.05, 4.69) is 19.2 Å². The highest BCUT2D eigenvalue weighted by Gasteiger charge is 2.41. The van der Waals surface area contributed by atoms with Crippen molar-refractivity contribution in [1.29, 1.82) is 0 Å². The molecule has 3 aliphatic heterocycles. The minimum Gasteiger partial charge on any atom is -0.496 e. The summed E-state index contributed by atoms with van der Waals surface area (Å²) in [5.41, 5.74) is 2.47. The maximum absolute atomic E-state index is 13.2. The van der Waals surface area contributed by atoms with Crippen molar-refractivity contribution in [3.8, 4) is 17.2 Å². The summed E-state index contributed by atoms with van der Waals surface area (Å²) < 4.78 is 16.8. The molecule has 0 aliphatic carbocycles. The molecule has 1 saturated heterocycles. The molecular formula is C26H27N3O7. The van der Waals surface area contributed by atoms with Crippen molar-refractivity contribution in [3.05, 3.63) is 47.0 Å². The number of rotatable bonds is 4. The van der Waals surface area contributed by atoms with Gasteiger partial charge in [0.05, 0.1) is 31.5 Å². The molecule has 10 heteroatoms. The Kier molecular flexibility index (Phi) is 5.61. The lowest BCUT2D eigenvalue weighted by Crippen LogP contribution is -2.52. The lowest BCUT2D eigenvalue weighted by atomic mass is 9.87. The number of methoxy groups -OCH3 is 1. The zero-order valence-corrected chi connectivity index (χ0v) is 20.5. The molecule has 2 aromatic carbocycles. The number of hydrogen-bond donors (Lipinski definition) is 1. The summed E-state index contributed by atoms with van der Waals surface area (Å²) >= 11 is 0. The van der Waals surface area contributed by atoms with E-state index >= 15 is 0 Å². The number of nitrogens with one attached hydrogen (secondary N) is 1. The fourth-order valence-electron chi connectivity index (χ4n) is 4.85. The summed E-state index contributed by atoms with van der Waals surface area (Å²) in [5.74, 6) is 0.00275. The van der Waals surface area contributed by atoms with Crippen LogP contribution in [0.3, 0.4) is 0 Å². The number of hydrogen-bond acceptors (Lipinski definition) is 7. The largest absolute Gasteiger partial charge is 0.496 e. The predicted molar refractivity (Wildman–Crippen MR) is 128 cm³/mol. The van der Waals surface area contributed by atoms with Crippen molar-refractivity contribution in [2.24, 2.45) is 0 Å². The van der Waals surface area contributed by atoms with E-state index in [1.165, 1.54) is 23.0 Å². The SMILES string of the molecule is COc1cc(OC(=O)N(C)c2ccc3c(c2)OCC3(C)C)cc2c1CN(C1CCC(=O)NC1=O)C2=O.